The number of carbonyl (C=O) groups excluding carboxylic acids is 1. The van der Waals surface area contributed by atoms with Crippen LogP contribution in [-0.4, -0.2) is 36.4 Å². The van der Waals surface area contributed by atoms with E-state index in [9.17, 15) is 4.79 Å². The molecule has 2 aromatic rings. The zero-order chi connectivity index (χ0) is 21.1. The van der Waals surface area contributed by atoms with Crippen LogP contribution in [0.25, 0.3) is 0 Å². The lowest BCUT2D eigenvalue weighted by Gasteiger charge is -2.18. The Balaban J connectivity index is 0.00000450. The second-order valence-electron chi connectivity index (χ2n) is 6.85. The minimum atomic E-state index is 0. The van der Waals surface area contributed by atoms with Crippen molar-refractivity contribution < 1.29 is 4.79 Å². The molecule has 0 fully saturated rings. The average molecular weight is 522 g/mol. The molecule has 0 bridgehead atoms. The molecule has 0 heterocycles. The Hall–Kier alpha value is -2.09. The number of guanidine groups is 1. The number of hydrogen-bond acceptors (Lipinski definition) is 2. The van der Waals surface area contributed by atoms with E-state index in [0.717, 1.165) is 49.7 Å². The highest BCUT2D eigenvalue weighted by atomic mass is 127. The van der Waals surface area contributed by atoms with Crippen molar-refractivity contribution in [2.75, 3.05) is 19.6 Å². The molecular formula is C24H35IN4O. The maximum Gasteiger partial charge on any atom is 0.253 e. The zero-order valence-electron chi connectivity index (χ0n) is 18.6. The Morgan fingerprint density at radius 3 is 2.10 bits per heavy atom. The predicted molar refractivity (Wildman–Crippen MR) is 137 cm³/mol. The summed E-state index contributed by atoms with van der Waals surface area (Å²) in [4.78, 5) is 18.9. The summed E-state index contributed by atoms with van der Waals surface area (Å²) < 4.78 is 0. The maximum atomic E-state index is 12.4. The van der Waals surface area contributed by atoms with Gasteiger partial charge in [-0.1, -0.05) is 43.3 Å². The molecule has 2 N–H and O–H groups in total. The van der Waals surface area contributed by atoms with Crippen molar-refractivity contribution in [3.05, 3.63) is 70.8 Å². The molecule has 0 aromatic heterocycles. The largest absolute Gasteiger partial charge is 0.357 e. The topological polar surface area (TPSA) is 56.7 Å². The number of hydrogen-bond donors (Lipinski definition) is 2. The fraction of sp³-hybridized carbons (Fsp3) is 0.417. The highest BCUT2D eigenvalue weighted by molar-refractivity contribution is 14.0. The molecule has 0 aliphatic carbocycles. The van der Waals surface area contributed by atoms with E-state index >= 15 is 0 Å². The number of aryl methyl sites for hydroxylation is 1. The minimum absolute atomic E-state index is 0. The molecule has 0 radical (unpaired) electrons. The third-order valence-corrected chi connectivity index (χ3v) is 4.96. The van der Waals surface area contributed by atoms with Gasteiger partial charge in [0.1, 0.15) is 0 Å². The average Bonchev–Trinajstić information content (AvgIpc) is 2.77. The van der Waals surface area contributed by atoms with Crippen molar-refractivity contribution in [1.82, 2.24) is 15.5 Å². The summed E-state index contributed by atoms with van der Waals surface area (Å²) in [6, 6.07) is 16.2. The SMILES string of the molecule is CCNC(=NCc1ccc(C(=O)N(CC)CC)cc1)NCc1ccccc1CC.I. The summed E-state index contributed by atoms with van der Waals surface area (Å²) in [5.41, 5.74) is 4.44. The van der Waals surface area contributed by atoms with Crippen molar-refractivity contribution in [2.45, 2.75) is 47.2 Å². The number of aliphatic imine (C=N–C) groups is 1. The van der Waals surface area contributed by atoms with Crippen LogP contribution in [0.3, 0.4) is 0 Å². The number of rotatable bonds is 9. The number of benzene rings is 2. The van der Waals surface area contributed by atoms with E-state index in [0.29, 0.717) is 6.54 Å². The van der Waals surface area contributed by atoms with Crippen molar-refractivity contribution in [3.8, 4) is 0 Å². The summed E-state index contributed by atoms with van der Waals surface area (Å²) in [6.07, 6.45) is 1.02. The number of nitrogens with zero attached hydrogens (tertiary/aromatic N) is 2. The van der Waals surface area contributed by atoms with Gasteiger partial charge in [-0.25, -0.2) is 4.99 Å². The summed E-state index contributed by atoms with van der Waals surface area (Å²) >= 11 is 0. The van der Waals surface area contributed by atoms with Crippen LogP contribution in [0.4, 0.5) is 0 Å². The zero-order valence-corrected chi connectivity index (χ0v) is 20.9. The van der Waals surface area contributed by atoms with Crippen molar-refractivity contribution in [2.24, 2.45) is 4.99 Å². The van der Waals surface area contributed by atoms with E-state index in [1.165, 1.54) is 11.1 Å². The molecule has 0 unspecified atom stereocenters. The van der Waals surface area contributed by atoms with Crippen LogP contribution in [0.15, 0.2) is 53.5 Å². The molecule has 1 amide bonds. The van der Waals surface area contributed by atoms with E-state index < -0.39 is 0 Å². The van der Waals surface area contributed by atoms with Gasteiger partial charge in [0.2, 0.25) is 0 Å². The lowest BCUT2D eigenvalue weighted by atomic mass is 10.1. The first kappa shape index (κ1) is 25.9. The van der Waals surface area contributed by atoms with Gasteiger partial charge in [0.05, 0.1) is 6.54 Å². The first-order valence-corrected chi connectivity index (χ1v) is 10.6. The van der Waals surface area contributed by atoms with Gasteiger partial charge in [0.15, 0.2) is 5.96 Å². The molecular weight excluding hydrogens is 487 g/mol. The summed E-state index contributed by atoms with van der Waals surface area (Å²) in [6.45, 7) is 11.8. The molecule has 2 rings (SSSR count). The van der Waals surface area contributed by atoms with E-state index in [1.807, 2.05) is 43.0 Å². The Bertz CT molecular complexity index is 801. The Kier molecular flexibility index (Phi) is 12.1. The van der Waals surface area contributed by atoms with Crippen LogP contribution < -0.4 is 10.6 Å². The van der Waals surface area contributed by atoms with Crippen LogP contribution in [0.2, 0.25) is 0 Å². The Morgan fingerprint density at radius 1 is 0.900 bits per heavy atom. The highest BCUT2D eigenvalue weighted by Crippen LogP contribution is 2.10. The standard InChI is InChI=1S/C24H34N4O.HI/c1-5-20-11-9-10-12-22(20)18-27-24(25-6-2)26-17-19-13-15-21(16-14-19)23(29)28(7-3)8-4;/h9-16H,5-8,17-18H2,1-4H3,(H2,25,26,27);1H. The summed E-state index contributed by atoms with van der Waals surface area (Å²) in [5.74, 6) is 0.872. The minimum Gasteiger partial charge on any atom is -0.357 e. The maximum absolute atomic E-state index is 12.4. The monoisotopic (exact) mass is 522 g/mol. The summed E-state index contributed by atoms with van der Waals surface area (Å²) in [5, 5.41) is 6.72. The molecule has 0 atom stereocenters. The molecule has 164 valence electrons. The molecule has 6 heteroatoms. The van der Waals surface area contributed by atoms with Gasteiger partial charge in [0.25, 0.3) is 5.91 Å². The number of amides is 1. The van der Waals surface area contributed by atoms with Crippen LogP contribution in [0.1, 0.15) is 54.7 Å². The van der Waals surface area contributed by atoms with Gasteiger partial charge in [-0.3, -0.25) is 4.79 Å². The normalized spacial score (nSPS) is 10.9. The molecule has 0 aliphatic rings. The third-order valence-electron chi connectivity index (χ3n) is 4.96. The first-order chi connectivity index (χ1) is 14.1. The number of carbonyl (C=O) groups is 1. The molecule has 0 aliphatic heterocycles. The third kappa shape index (κ3) is 7.63. The fourth-order valence-electron chi connectivity index (χ4n) is 3.21. The van der Waals surface area contributed by atoms with Gasteiger partial charge in [0, 0.05) is 31.7 Å². The van der Waals surface area contributed by atoms with Crippen molar-refractivity contribution in [1.29, 1.82) is 0 Å². The second-order valence-corrected chi connectivity index (χ2v) is 6.85. The van der Waals surface area contributed by atoms with Crippen LogP contribution >= 0.6 is 24.0 Å². The smallest absolute Gasteiger partial charge is 0.253 e. The Labute approximate surface area is 198 Å². The van der Waals surface area contributed by atoms with Crippen LogP contribution in [0.5, 0.6) is 0 Å². The van der Waals surface area contributed by atoms with Crippen LogP contribution in [-0.2, 0) is 19.5 Å². The lowest BCUT2D eigenvalue weighted by Crippen LogP contribution is -2.37. The molecule has 2 aromatic carbocycles. The van der Waals surface area contributed by atoms with Gasteiger partial charge >= 0.3 is 0 Å². The summed E-state index contributed by atoms with van der Waals surface area (Å²) in [7, 11) is 0. The first-order valence-electron chi connectivity index (χ1n) is 10.6. The highest BCUT2D eigenvalue weighted by Gasteiger charge is 2.11. The molecule has 0 saturated heterocycles. The van der Waals surface area contributed by atoms with Crippen molar-refractivity contribution >= 4 is 35.8 Å². The fourth-order valence-corrected chi connectivity index (χ4v) is 3.21. The molecule has 5 nitrogen and oxygen atoms in total. The number of halogens is 1. The van der Waals surface area contributed by atoms with E-state index in [-0.39, 0.29) is 29.9 Å². The van der Waals surface area contributed by atoms with E-state index in [2.05, 4.69) is 48.7 Å². The Morgan fingerprint density at radius 2 is 1.53 bits per heavy atom. The molecule has 0 saturated carbocycles. The van der Waals surface area contributed by atoms with Gasteiger partial charge in [-0.15, -0.1) is 24.0 Å². The predicted octanol–water partition coefficient (Wildman–Crippen LogP) is 4.60. The molecule has 30 heavy (non-hydrogen) atoms. The number of nitrogens with one attached hydrogen (secondary N) is 2. The van der Waals surface area contributed by atoms with Gasteiger partial charge in [-0.2, -0.15) is 0 Å². The quantitative estimate of drug-likeness (QED) is 0.288. The second kappa shape index (κ2) is 14.0. The lowest BCUT2D eigenvalue weighted by molar-refractivity contribution is 0.0773. The van der Waals surface area contributed by atoms with E-state index in [4.69, 9.17) is 4.99 Å². The van der Waals surface area contributed by atoms with Gasteiger partial charge < -0.3 is 15.5 Å². The van der Waals surface area contributed by atoms with Crippen molar-refractivity contribution in [3.63, 3.8) is 0 Å². The van der Waals surface area contributed by atoms with Gasteiger partial charge in [-0.05, 0) is 56.0 Å². The van der Waals surface area contributed by atoms with E-state index in [1.54, 1.807) is 0 Å². The van der Waals surface area contributed by atoms with Crippen LogP contribution in [0, 0.1) is 0 Å². The molecule has 0 spiro atoms.